The highest BCUT2D eigenvalue weighted by Crippen LogP contribution is 2.26. The summed E-state index contributed by atoms with van der Waals surface area (Å²) < 4.78 is 57.2. The molecule has 12 heteroatoms. The molecule has 0 unspecified atom stereocenters. The Kier molecular flexibility index (Phi) is 11.5. The van der Waals surface area contributed by atoms with Crippen LogP contribution in [-0.2, 0) is 30.9 Å². The molecule has 4 aromatic rings. The van der Waals surface area contributed by atoms with Crippen molar-refractivity contribution in [1.29, 1.82) is 0 Å². The third-order valence-electron chi connectivity index (χ3n) is 6.71. The second-order valence-corrected chi connectivity index (χ2v) is 11.5. The molecule has 0 radical (unpaired) electrons. The van der Waals surface area contributed by atoms with Crippen LogP contribution in [0.1, 0.15) is 17.2 Å². The van der Waals surface area contributed by atoms with Crippen LogP contribution >= 0.6 is 0 Å². The van der Waals surface area contributed by atoms with E-state index in [0.717, 1.165) is 17.7 Å². The van der Waals surface area contributed by atoms with Gasteiger partial charge in [0.15, 0.2) is 6.61 Å². The zero-order chi connectivity index (χ0) is 32.2. The molecule has 0 spiro atoms. The van der Waals surface area contributed by atoms with Crippen molar-refractivity contribution in [2.45, 2.75) is 17.5 Å². The molecule has 0 aliphatic rings. The molecular formula is C33H34FN3O7S. The Morgan fingerprint density at radius 1 is 0.844 bits per heavy atom. The number of sulfonamides is 1. The number of amides is 2. The zero-order valence-corrected chi connectivity index (χ0v) is 25.6. The van der Waals surface area contributed by atoms with Crippen LogP contribution in [0.25, 0.3) is 0 Å². The van der Waals surface area contributed by atoms with Crippen molar-refractivity contribution in [3.63, 3.8) is 0 Å². The van der Waals surface area contributed by atoms with Gasteiger partial charge in [0.05, 0.1) is 18.6 Å². The number of halogens is 1. The summed E-state index contributed by atoms with van der Waals surface area (Å²) >= 11 is 0. The van der Waals surface area contributed by atoms with Crippen LogP contribution in [0.3, 0.4) is 0 Å². The normalized spacial score (nSPS) is 11.7. The number of rotatable bonds is 15. The van der Waals surface area contributed by atoms with E-state index in [0.29, 0.717) is 17.9 Å². The van der Waals surface area contributed by atoms with E-state index in [4.69, 9.17) is 14.2 Å². The lowest BCUT2D eigenvalue weighted by molar-refractivity contribution is -0.143. The van der Waals surface area contributed by atoms with Crippen LogP contribution in [-0.4, -0.2) is 59.1 Å². The first-order chi connectivity index (χ1) is 21.7. The Balaban J connectivity index is 1.54. The Labute approximate surface area is 261 Å². The second-order valence-electron chi connectivity index (χ2n) is 9.84. The topological polar surface area (TPSA) is 123 Å². The molecule has 236 valence electrons. The Morgan fingerprint density at radius 2 is 1.49 bits per heavy atom. The molecule has 2 N–H and O–H groups in total. The summed E-state index contributed by atoms with van der Waals surface area (Å²) in [6, 6.07) is 25.6. The van der Waals surface area contributed by atoms with Crippen molar-refractivity contribution in [3.8, 4) is 11.5 Å². The Morgan fingerprint density at radius 3 is 2.11 bits per heavy atom. The van der Waals surface area contributed by atoms with E-state index in [1.165, 1.54) is 48.4 Å². The maximum Gasteiger partial charge on any atom is 0.261 e. The molecule has 0 aromatic heterocycles. The number of nitrogens with zero attached hydrogens (tertiary/aromatic N) is 1. The van der Waals surface area contributed by atoms with Crippen molar-refractivity contribution in [2.24, 2.45) is 0 Å². The molecule has 0 fully saturated rings. The minimum absolute atomic E-state index is 0.0523. The number of benzene rings is 4. The molecule has 10 nitrogen and oxygen atoms in total. The number of hydrogen-bond donors (Lipinski definition) is 2. The van der Waals surface area contributed by atoms with Gasteiger partial charge in [0.2, 0.25) is 5.91 Å². The highest BCUT2D eigenvalue weighted by atomic mass is 32.2. The Hall–Kier alpha value is -4.94. The third kappa shape index (κ3) is 9.27. The second kappa shape index (κ2) is 15.7. The fourth-order valence-electron chi connectivity index (χ4n) is 4.41. The largest absolute Gasteiger partial charge is 0.497 e. The molecule has 0 saturated carbocycles. The van der Waals surface area contributed by atoms with Crippen molar-refractivity contribution in [1.82, 2.24) is 10.2 Å². The van der Waals surface area contributed by atoms with Gasteiger partial charge in [-0.25, -0.2) is 12.8 Å². The van der Waals surface area contributed by atoms with Gasteiger partial charge in [0.1, 0.15) is 23.4 Å². The lowest BCUT2D eigenvalue weighted by Gasteiger charge is -2.31. The van der Waals surface area contributed by atoms with Crippen LogP contribution in [0.4, 0.5) is 10.1 Å². The van der Waals surface area contributed by atoms with Gasteiger partial charge in [-0.2, -0.15) is 0 Å². The van der Waals surface area contributed by atoms with Crippen LogP contribution in [0.15, 0.2) is 108 Å². The van der Waals surface area contributed by atoms with Crippen LogP contribution < -0.4 is 19.5 Å². The smallest absolute Gasteiger partial charge is 0.261 e. The lowest BCUT2D eigenvalue weighted by atomic mass is 10.0. The van der Waals surface area contributed by atoms with E-state index in [9.17, 15) is 22.4 Å². The van der Waals surface area contributed by atoms with E-state index in [-0.39, 0.29) is 35.3 Å². The predicted molar refractivity (Wildman–Crippen MR) is 167 cm³/mol. The fourth-order valence-corrected chi connectivity index (χ4v) is 5.47. The van der Waals surface area contributed by atoms with Crippen LogP contribution in [0, 0.1) is 5.82 Å². The van der Waals surface area contributed by atoms with Gasteiger partial charge >= 0.3 is 0 Å². The summed E-state index contributed by atoms with van der Waals surface area (Å²) in [5, 5.41) is 2.84. The van der Waals surface area contributed by atoms with Gasteiger partial charge in [-0.1, -0.05) is 42.5 Å². The minimum atomic E-state index is -3.95. The molecule has 4 aromatic carbocycles. The number of methoxy groups -OCH3 is 2. The highest BCUT2D eigenvalue weighted by molar-refractivity contribution is 7.92. The van der Waals surface area contributed by atoms with Crippen molar-refractivity contribution >= 4 is 27.5 Å². The molecule has 1 atom stereocenters. The molecule has 0 bridgehead atoms. The van der Waals surface area contributed by atoms with E-state index in [1.54, 1.807) is 43.5 Å². The van der Waals surface area contributed by atoms with Crippen molar-refractivity contribution in [3.05, 3.63) is 120 Å². The van der Waals surface area contributed by atoms with E-state index in [2.05, 4.69) is 10.0 Å². The van der Waals surface area contributed by atoms with Gasteiger partial charge in [-0.3, -0.25) is 14.3 Å². The number of ether oxygens (including phenoxy) is 3. The molecule has 45 heavy (non-hydrogen) atoms. The summed E-state index contributed by atoms with van der Waals surface area (Å²) in [6.07, 6.45) is 0. The lowest BCUT2D eigenvalue weighted by Crippen LogP contribution is -2.45. The van der Waals surface area contributed by atoms with Crippen molar-refractivity contribution < 1.29 is 36.6 Å². The summed E-state index contributed by atoms with van der Waals surface area (Å²) in [4.78, 5) is 28.7. The van der Waals surface area contributed by atoms with Gasteiger partial charge < -0.3 is 24.4 Å². The monoisotopic (exact) mass is 635 g/mol. The van der Waals surface area contributed by atoms with Gasteiger partial charge in [-0.15, -0.1) is 0 Å². The predicted octanol–water partition coefficient (Wildman–Crippen LogP) is 4.55. The molecule has 0 heterocycles. The van der Waals surface area contributed by atoms with Crippen molar-refractivity contribution in [2.75, 3.05) is 38.7 Å². The van der Waals surface area contributed by atoms with Gasteiger partial charge in [0.25, 0.3) is 15.9 Å². The molecular weight excluding hydrogens is 601 g/mol. The van der Waals surface area contributed by atoms with Gasteiger partial charge in [0, 0.05) is 25.9 Å². The SMILES string of the molecule is COCCNC(=O)[C@@H](c1ccccc1)N(Cc1ccc(OC)cc1)C(=O)COc1ccc(S(=O)(=O)Nc2ccc(F)cc2)cc1. The number of nitrogens with one attached hydrogen (secondary N) is 2. The number of carbonyl (C=O) groups excluding carboxylic acids is 2. The Bertz CT molecular complexity index is 1650. The third-order valence-corrected chi connectivity index (χ3v) is 8.10. The first-order valence-corrected chi connectivity index (χ1v) is 15.4. The number of hydrogen-bond acceptors (Lipinski definition) is 7. The first-order valence-electron chi connectivity index (χ1n) is 14.0. The molecule has 0 saturated heterocycles. The number of anilines is 1. The quantitative estimate of drug-likeness (QED) is 0.184. The molecule has 2 amide bonds. The van der Waals surface area contributed by atoms with Crippen LogP contribution in [0.5, 0.6) is 11.5 Å². The van der Waals surface area contributed by atoms with E-state index < -0.39 is 34.4 Å². The highest BCUT2D eigenvalue weighted by Gasteiger charge is 2.32. The molecule has 0 aliphatic heterocycles. The number of carbonyl (C=O) groups is 2. The van der Waals surface area contributed by atoms with Crippen LogP contribution in [0.2, 0.25) is 0 Å². The van der Waals surface area contributed by atoms with E-state index >= 15 is 0 Å². The summed E-state index contributed by atoms with van der Waals surface area (Å²) in [7, 11) is -0.867. The molecule has 4 rings (SSSR count). The minimum Gasteiger partial charge on any atom is -0.497 e. The fraction of sp³-hybridized carbons (Fsp3) is 0.212. The maximum atomic E-state index is 13.8. The first kappa shape index (κ1) is 33.0. The average Bonchev–Trinajstić information content (AvgIpc) is 3.05. The van der Waals surface area contributed by atoms with E-state index in [1.807, 2.05) is 18.2 Å². The average molecular weight is 636 g/mol. The zero-order valence-electron chi connectivity index (χ0n) is 24.8. The van der Waals surface area contributed by atoms with Gasteiger partial charge in [-0.05, 0) is 71.8 Å². The summed E-state index contributed by atoms with van der Waals surface area (Å²) in [5.74, 6) is -0.456. The molecule has 0 aliphatic carbocycles. The maximum absolute atomic E-state index is 13.8. The summed E-state index contributed by atoms with van der Waals surface area (Å²) in [5.41, 5.74) is 1.58. The standard InChI is InChI=1S/C33H34FN3O7S/c1-42-21-20-35-33(39)32(25-6-4-3-5-7-25)37(22-24-8-14-28(43-2)15-9-24)31(38)23-44-29-16-18-30(19-17-29)45(40,41)36-27-12-10-26(34)11-13-27/h3-19,32,36H,20-23H2,1-2H3,(H,35,39)/t32-/m1/s1. The summed E-state index contributed by atoms with van der Waals surface area (Å²) in [6.45, 7) is 0.222.